The first-order chi connectivity index (χ1) is 19.3. The number of dihydropyridines is 1. The highest BCUT2D eigenvalue weighted by Gasteiger charge is 2.59. The molecule has 9 heteroatoms. The number of hydrogen-bond donors (Lipinski definition) is 0. The smallest absolute Gasteiger partial charge is 0.413 e. The molecule has 4 nitrogen and oxygen atoms in total. The predicted molar refractivity (Wildman–Crippen MR) is 160 cm³/mol. The van der Waals surface area contributed by atoms with Crippen LogP contribution in [0.1, 0.15) is 91.4 Å². The first-order valence-electron chi connectivity index (χ1n) is 15.4. The van der Waals surface area contributed by atoms with Gasteiger partial charge in [-0.25, -0.2) is 4.39 Å². The Kier molecular flexibility index (Phi) is 7.98. The van der Waals surface area contributed by atoms with E-state index in [0.717, 1.165) is 35.8 Å². The van der Waals surface area contributed by atoms with Gasteiger partial charge in [0.15, 0.2) is 8.32 Å². The SMILES string of the molecule is CC(C)C1=NC2CC(C)(C)C[C@H](O[Si](C)(C)C(C)(C)C)C2C2=C1[C@@H](c1ccc(C(F)(F)F)cc1F)OC21CCOCC1. The fraction of sp³-hybridized carbons (Fsp3) is 0.727. The van der Waals surface area contributed by atoms with E-state index in [0.29, 0.717) is 32.1 Å². The maximum atomic E-state index is 15.7. The molecule has 4 atom stereocenters. The second-order valence-electron chi connectivity index (χ2n) is 15.4. The number of hydrogen-bond acceptors (Lipinski definition) is 4. The summed E-state index contributed by atoms with van der Waals surface area (Å²) in [6.07, 6.45) is -2.59. The summed E-state index contributed by atoms with van der Waals surface area (Å²) in [5.74, 6) is -0.931. The number of halogens is 4. The van der Waals surface area contributed by atoms with Gasteiger partial charge in [0, 0.05) is 48.8 Å². The Morgan fingerprint density at radius 3 is 2.24 bits per heavy atom. The minimum Gasteiger partial charge on any atom is -0.413 e. The summed E-state index contributed by atoms with van der Waals surface area (Å²) in [6.45, 7) is 21.0. The lowest BCUT2D eigenvalue weighted by molar-refractivity contribution is -0.137. The maximum absolute atomic E-state index is 15.7. The highest BCUT2D eigenvalue weighted by molar-refractivity contribution is 6.74. The summed E-state index contributed by atoms with van der Waals surface area (Å²) in [6, 6.07) is 2.79. The van der Waals surface area contributed by atoms with Crippen LogP contribution in [0.15, 0.2) is 34.3 Å². The molecule has 1 aromatic rings. The van der Waals surface area contributed by atoms with Gasteiger partial charge in [-0.1, -0.05) is 54.5 Å². The zero-order chi connectivity index (χ0) is 31.0. The summed E-state index contributed by atoms with van der Waals surface area (Å²) in [4.78, 5) is 5.40. The summed E-state index contributed by atoms with van der Waals surface area (Å²) in [7, 11) is -2.19. The van der Waals surface area contributed by atoms with Crippen molar-refractivity contribution in [3.05, 3.63) is 46.3 Å². The van der Waals surface area contributed by atoms with Crippen LogP contribution in [0, 0.1) is 23.1 Å². The third-order valence-electron chi connectivity index (χ3n) is 10.3. The molecule has 1 saturated heterocycles. The summed E-state index contributed by atoms with van der Waals surface area (Å²) >= 11 is 0. The number of rotatable bonds is 4. The summed E-state index contributed by atoms with van der Waals surface area (Å²) in [5.41, 5.74) is 1.30. The number of nitrogens with zero attached hydrogens (tertiary/aromatic N) is 1. The van der Waals surface area contributed by atoms with E-state index in [1.807, 2.05) is 0 Å². The average Bonchev–Trinajstić information content (AvgIpc) is 3.15. The Labute approximate surface area is 249 Å². The van der Waals surface area contributed by atoms with Gasteiger partial charge in [-0.3, -0.25) is 4.99 Å². The molecule has 5 rings (SSSR count). The van der Waals surface area contributed by atoms with Gasteiger partial charge in [0.1, 0.15) is 11.9 Å². The van der Waals surface area contributed by atoms with Crippen molar-refractivity contribution in [3.8, 4) is 0 Å². The van der Waals surface area contributed by atoms with Crippen LogP contribution in [0.4, 0.5) is 17.6 Å². The van der Waals surface area contributed by atoms with Gasteiger partial charge < -0.3 is 13.9 Å². The average molecular weight is 610 g/mol. The molecule has 2 unspecified atom stereocenters. The van der Waals surface area contributed by atoms with E-state index in [1.54, 1.807) is 0 Å². The van der Waals surface area contributed by atoms with Crippen LogP contribution < -0.4 is 0 Å². The van der Waals surface area contributed by atoms with Crippen LogP contribution in [-0.4, -0.2) is 45.0 Å². The van der Waals surface area contributed by atoms with Crippen molar-refractivity contribution in [3.63, 3.8) is 0 Å². The lowest BCUT2D eigenvalue weighted by Gasteiger charge is -2.53. The first-order valence-corrected chi connectivity index (χ1v) is 18.3. The van der Waals surface area contributed by atoms with Crippen LogP contribution in [0.3, 0.4) is 0 Å². The molecule has 2 fully saturated rings. The Morgan fingerprint density at radius 1 is 1.05 bits per heavy atom. The quantitative estimate of drug-likeness (QED) is 0.253. The third kappa shape index (κ3) is 5.56. The van der Waals surface area contributed by atoms with Gasteiger partial charge in [0.2, 0.25) is 0 Å². The number of benzene rings is 1. The first kappa shape index (κ1) is 31.9. The Balaban J connectivity index is 1.71. The summed E-state index contributed by atoms with van der Waals surface area (Å²) < 4.78 is 76.0. The van der Waals surface area contributed by atoms with Crippen LogP contribution in [0.25, 0.3) is 0 Å². The molecular weight excluding hydrogens is 562 g/mol. The van der Waals surface area contributed by atoms with E-state index in [1.165, 1.54) is 6.07 Å². The Morgan fingerprint density at radius 2 is 1.69 bits per heavy atom. The highest BCUT2D eigenvalue weighted by atomic mass is 28.4. The molecule has 234 valence electrons. The van der Waals surface area contributed by atoms with Crippen LogP contribution >= 0.6 is 0 Å². The Bertz CT molecular complexity index is 1270. The molecule has 4 aliphatic rings. The van der Waals surface area contributed by atoms with Gasteiger partial charge in [-0.05, 0) is 60.0 Å². The second kappa shape index (κ2) is 10.5. The zero-order valence-electron chi connectivity index (χ0n) is 26.5. The molecule has 0 amide bonds. The minimum atomic E-state index is -4.63. The van der Waals surface area contributed by atoms with E-state index < -0.39 is 37.6 Å². The van der Waals surface area contributed by atoms with Crippen molar-refractivity contribution in [1.29, 1.82) is 0 Å². The van der Waals surface area contributed by atoms with Crippen molar-refractivity contribution in [1.82, 2.24) is 0 Å². The van der Waals surface area contributed by atoms with E-state index in [4.69, 9.17) is 18.9 Å². The standard InChI is InChI=1S/C33H47F4NO3Si/c1-19(2)28-26-27(25-23(38-28)17-31(6,7)18-24(25)41-42(8,9)30(3,4)5)32(12-14-39-15-13-32)40-29(26)21-11-10-20(16-22(21)34)33(35,36)37/h10-11,16,19,23-25,29H,12-15,17-18H2,1-9H3/t23?,24-,25?,29+/m0/s1. The van der Waals surface area contributed by atoms with Crippen molar-refractivity contribution in [2.75, 3.05) is 13.2 Å². The number of ether oxygens (including phenoxy) is 2. The van der Waals surface area contributed by atoms with Gasteiger partial charge in [-0.15, -0.1) is 0 Å². The van der Waals surface area contributed by atoms with E-state index >= 15 is 4.39 Å². The predicted octanol–water partition coefficient (Wildman–Crippen LogP) is 9.07. The zero-order valence-corrected chi connectivity index (χ0v) is 27.5. The Hall–Kier alpha value is -1.55. The molecule has 42 heavy (non-hydrogen) atoms. The van der Waals surface area contributed by atoms with Crippen molar-refractivity contribution in [2.45, 2.75) is 122 Å². The topological polar surface area (TPSA) is 40.0 Å². The molecule has 1 spiro atoms. The monoisotopic (exact) mass is 609 g/mol. The van der Waals surface area contributed by atoms with Crippen molar-refractivity contribution in [2.24, 2.45) is 22.2 Å². The molecule has 3 heterocycles. The van der Waals surface area contributed by atoms with Crippen LogP contribution in [-0.2, 0) is 20.1 Å². The molecule has 0 aromatic heterocycles. The molecule has 1 aliphatic carbocycles. The lowest BCUT2D eigenvalue weighted by atomic mass is 9.61. The minimum absolute atomic E-state index is 0.0107. The van der Waals surface area contributed by atoms with E-state index in [2.05, 4.69) is 61.6 Å². The van der Waals surface area contributed by atoms with E-state index in [9.17, 15) is 13.2 Å². The molecular formula is C33H47F4NO3Si. The van der Waals surface area contributed by atoms with E-state index in [-0.39, 0.29) is 40.0 Å². The fourth-order valence-electron chi connectivity index (χ4n) is 7.29. The van der Waals surface area contributed by atoms with Gasteiger partial charge in [0.05, 0.1) is 23.3 Å². The number of fused-ring (bicyclic) bond motifs is 3. The third-order valence-corrected chi connectivity index (χ3v) is 14.8. The number of alkyl halides is 3. The summed E-state index contributed by atoms with van der Waals surface area (Å²) in [5, 5.41) is 0.0107. The van der Waals surface area contributed by atoms with Crippen LogP contribution in [0.5, 0.6) is 0 Å². The normalized spacial score (nSPS) is 29.5. The lowest BCUT2D eigenvalue weighted by Crippen LogP contribution is -2.55. The van der Waals surface area contributed by atoms with Crippen LogP contribution in [0.2, 0.25) is 18.1 Å². The molecule has 0 radical (unpaired) electrons. The molecule has 0 N–H and O–H groups in total. The fourth-order valence-corrected chi connectivity index (χ4v) is 8.63. The molecule has 1 saturated carbocycles. The molecule has 1 aromatic carbocycles. The highest BCUT2D eigenvalue weighted by Crippen LogP contribution is 2.59. The van der Waals surface area contributed by atoms with Crippen molar-refractivity contribution < 1.29 is 31.5 Å². The van der Waals surface area contributed by atoms with Gasteiger partial charge >= 0.3 is 6.18 Å². The van der Waals surface area contributed by atoms with Crippen molar-refractivity contribution >= 4 is 14.0 Å². The largest absolute Gasteiger partial charge is 0.416 e. The molecule has 3 aliphatic heterocycles. The van der Waals surface area contributed by atoms with Gasteiger partial charge in [-0.2, -0.15) is 13.2 Å². The molecule has 0 bridgehead atoms. The number of aliphatic imine (C=N–C) groups is 1. The second-order valence-corrected chi connectivity index (χ2v) is 20.2. The maximum Gasteiger partial charge on any atom is 0.416 e. The van der Waals surface area contributed by atoms with Gasteiger partial charge in [0.25, 0.3) is 0 Å².